The minimum Gasteiger partial charge on any atom is -0.346 e. The lowest BCUT2D eigenvalue weighted by atomic mass is 10.1. The van der Waals surface area contributed by atoms with Gasteiger partial charge >= 0.3 is 0 Å². The van der Waals surface area contributed by atoms with Crippen LogP contribution >= 0.6 is 11.6 Å². The first-order valence-corrected chi connectivity index (χ1v) is 9.04. The lowest BCUT2D eigenvalue weighted by molar-refractivity contribution is -0.118. The van der Waals surface area contributed by atoms with Crippen molar-refractivity contribution in [3.8, 4) is 0 Å². The number of carbonyl (C=O) groups is 2. The molecule has 3 rings (SSSR count). The molecule has 0 heterocycles. The van der Waals surface area contributed by atoms with Gasteiger partial charge in [0.15, 0.2) is 0 Å². The SMILES string of the molecule is CC(NC(=O)/C=C/c1ccc(Cl)cc1)c1ccc(NC(=O)C2CC2)cc1. The zero-order valence-corrected chi connectivity index (χ0v) is 15.3. The van der Waals surface area contributed by atoms with Crippen LogP contribution in [0.15, 0.2) is 54.6 Å². The third kappa shape index (κ3) is 5.20. The molecule has 0 radical (unpaired) electrons. The van der Waals surface area contributed by atoms with Crippen LogP contribution in [0.2, 0.25) is 5.02 Å². The molecule has 134 valence electrons. The summed E-state index contributed by atoms with van der Waals surface area (Å²) in [6.07, 6.45) is 5.21. The number of rotatable bonds is 6. The van der Waals surface area contributed by atoms with Gasteiger partial charge in [0.25, 0.3) is 0 Å². The van der Waals surface area contributed by atoms with Crippen LogP contribution in [0.3, 0.4) is 0 Å². The number of halogens is 1. The number of hydrogen-bond donors (Lipinski definition) is 2. The predicted molar refractivity (Wildman–Crippen MR) is 105 cm³/mol. The van der Waals surface area contributed by atoms with E-state index < -0.39 is 0 Å². The fraction of sp³-hybridized carbons (Fsp3) is 0.238. The van der Waals surface area contributed by atoms with Gasteiger partial charge in [-0.3, -0.25) is 9.59 Å². The van der Waals surface area contributed by atoms with E-state index in [9.17, 15) is 9.59 Å². The molecular formula is C21H21ClN2O2. The predicted octanol–water partition coefficient (Wildman–Crippen LogP) is 4.58. The molecule has 0 aromatic heterocycles. The number of anilines is 1. The summed E-state index contributed by atoms with van der Waals surface area (Å²) in [5, 5.41) is 6.50. The number of nitrogens with one attached hydrogen (secondary N) is 2. The highest BCUT2D eigenvalue weighted by atomic mass is 35.5. The lowest BCUT2D eigenvalue weighted by Gasteiger charge is -2.14. The van der Waals surface area contributed by atoms with E-state index in [2.05, 4.69) is 10.6 Å². The fourth-order valence-corrected chi connectivity index (χ4v) is 2.66. The van der Waals surface area contributed by atoms with Crippen molar-refractivity contribution in [2.24, 2.45) is 5.92 Å². The quantitative estimate of drug-likeness (QED) is 0.733. The van der Waals surface area contributed by atoms with Gasteiger partial charge in [-0.25, -0.2) is 0 Å². The summed E-state index contributed by atoms with van der Waals surface area (Å²) in [5.74, 6) is 0.102. The second kappa shape index (κ2) is 8.19. The van der Waals surface area contributed by atoms with E-state index in [1.165, 1.54) is 6.08 Å². The standard InChI is InChI=1S/C21H21ClN2O2/c1-14(23-20(25)13-4-15-2-9-18(22)10-3-15)16-7-11-19(12-8-16)24-21(26)17-5-6-17/h2-4,7-14,17H,5-6H2,1H3,(H,23,25)(H,24,26)/b13-4+. The first-order valence-electron chi connectivity index (χ1n) is 8.66. The molecule has 2 aromatic rings. The molecule has 0 bridgehead atoms. The van der Waals surface area contributed by atoms with Crippen molar-refractivity contribution in [1.29, 1.82) is 0 Å². The van der Waals surface area contributed by atoms with Crippen LogP contribution in [0, 0.1) is 5.92 Å². The molecule has 1 fully saturated rings. The van der Waals surface area contributed by atoms with Gasteiger partial charge in [0.05, 0.1) is 6.04 Å². The lowest BCUT2D eigenvalue weighted by Crippen LogP contribution is -2.24. The average Bonchev–Trinajstić information content (AvgIpc) is 3.47. The molecule has 2 amide bonds. The highest BCUT2D eigenvalue weighted by molar-refractivity contribution is 6.30. The summed E-state index contributed by atoms with van der Waals surface area (Å²) >= 11 is 5.84. The summed E-state index contributed by atoms with van der Waals surface area (Å²) in [6, 6.07) is 14.7. The van der Waals surface area contributed by atoms with Gasteiger partial charge in [0, 0.05) is 22.7 Å². The molecule has 1 atom stereocenters. The Kier molecular flexibility index (Phi) is 5.74. The molecule has 0 spiro atoms. The molecule has 2 N–H and O–H groups in total. The Morgan fingerprint density at radius 2 is 1.73 bits per heavy atom. The van der Waals surface area contributed by atoms with Gasteiger partial charge in [-0.2, -0.15) is 0 Å². The number of hydrogen-bond acceptors (Lipinski definition) is 2. The Balaban J connectivity index is 1.53. The van der Waals surface area contributed by atoms with Crippen LogP contribution in [-0.4, -0.2) is 11.8 Å². The van der Waals surface area contributed by atoms with Crippen LogP contribution in [0.4, 0.5) is 5.69 Å². The Hall–Kier alpha value is -2.59. The maximum absolute atomic E-state index is 12.1. The number of carbonyl (C=O) groups excluding carboxylic acids is 2. The van der Waals surface area contributed by atoms with Gasteiger partial charge in [-0.05, 0) is 61.2 Å². The van der Waals surface area contributed by atoms with Crippen LogP contribution in [-0.2, 0) is 9.59 Å². The van der Waals surface area contributed by atoms with Crippen molar-refractivity contribution >= 4 is 35.2 Å². The summed E-state index contributed by atoms with van der Waals surface area (Å²) in [4.78, 5) is 23.8. The van der Waals surface area contributed by atoms with Crippen molar-refractivity contribution < 1.29 is 9.59 Å². The van der Waals surface area contributed by atoms with E-state index in [0.717, 1.165) is 29.7 Å². The maximum Gasteiger partial charge on any atom is 0.244 e. The minimum absolute atomic E-state index is 0.0893. The van der Waals surface area contributed by atoms with Gasteiger partial charge in [0.1, 0.15) is 0 Å². The monoisotopic (exact) mass is 368 g/mol. The molecule has 1 aliphatic rings. The molecule has 4 nitrogen and oxygen atoms in total. The Morgan fingerprint density at radius 1 is 1.08 bits per heavy atom. The van der Waals surface area contributed by atoms with Crippen molar-refractivity contribution in [2.45, 2.75) is 25.8 Å². The van der Waals surface area contributed by atoms with Gasteiger partial charge in [0.2, 0.25) is 11.8 Å². The molecule has 0 saturated heterocycles. The molecule has 1 unspecified atom stereocenters. The van der Waals surface area contributed by atoms with E-state index >= 15 is 0 Å². The summed E-state index contributed by atoms with van der Waals surface area (Å²) in [6.45, 7) is 1.92. The zero-order valence-electron chi connectivity index (χ0n) is 14.5. The molecule has 1 aliphatic carbocycles. The summed E-state index contributed by atoms with van der Waals surface area (Å²) in [5.41, 5.74) is 2.67. The molecule has 5 heteroatoms. The molecule has 26 heavy (non-hydrogen) atoms. The molecule has 1 saturated carbocycles. The minimum atomic E-state index is -0.168. The third-order valence-electron chi connectivity index (χ3n) is 4.28. The van der Waals surface area contributed by atoms with Crippen LogP contribution in [0.25, 0.3) is 6.08 Å². The first kappa shape index (κ1) is 18.2. The molecular weight excluding hydrogens is 348 g/mol. The highest BCUT2D eigenvalue weighted by Crippen LogP contribution is 2.30. The van der Waals surface area contributed by atoms with Crippen LogP contribution < -0.4 is 10.6 Å². The Bertz CT molecular complexity index is 809. The van der Waals surface area contributed by atoms with Crippen molar-refractivity contribution in [2.75, 3.05) is 5.32 Å². The third-order valence-corrected chi connectivity index (χ3v) is 4.53. The summed E-state index contributed by atoms with van der Waals surface area (Å²) in [7, 11) is 0. The second-order valence-corrected chi connectivity index (χ2v) is 6.94. The molecule has 0 aliphatic heterocycles. The fourth-order valence-electron chi connectivity index (χ4n) is 2.54. The van der Waals surface area contributed by atoms with E-state index in [1.54, 1.807) is 18.2 Å². The van der Waals surface area contributed by atoms with E-state index in [-0.39, 0.29) is 23.8 Å². The van der Waals surface area contributed by atoms with Gasteiger partial charge < -0.3 is 10.6 Å². The van der Waals surface area contributed by atoms with Crippen LogP contribution in [0.5, 0.6) is 0 Å². The maximum atomic E-state index is 12.1. The Morgan fingerprint density at radius 3 is 2.35 bits per heavy atom. The van der Waals surface area contributed by atoms with Crippen molar-refractivity contribution in [1.82, 2.24) is 5.32 Å². The smallest absolute Gasteiger partial charge is 0.244 e. The average molecular weight is 369 g/mol. The topological polar surface area (TPSA) is 58.2 Å². The summed E-state index contributed by atoms with van der Waals surface area (Å²) < 4.78 is 0. The zero-order chi connectivity index (χ0) is 18.5. The first-order chi connectivity index (χ1) is 12.5. The van der Waals surface area contributed by atoms with Crippen LogP contribution in [0.1, 0.15) is 36.9 Å². The molecule has 2 aromatic carbocycles. The number of amides is 2. The largest absolute Gasteiger partial charge is 0.346 e. The van der Waals surface area contributed by atoms with Crippen molar-refractivity contribution in [3.63, 3.8) is 0 Å². The second-order valence-electron chi connectivity index (χ2n) is 6.50. The van der Waals surface area contributed by atoms with E-state index in [1.807, 2.05) is 43.3 Å². The van der Waals surface area contributed by atoms with E-state index in [4.69, 9.17) is 11.6 Å². The van der Waals surface area contributed by atoms with Crippen molar-refractivity contribution in [3.05, 3.63) is 70.8 Å². The van der Waals surface area contributed by atoms with Gasteiger partial charge in [-0.15, -0.1) is 0 Å². The van der Waals surface area contributed by atoms with E-state index in [0.29, 0.717) is 5.02 Å². The normalized spacial score (nSPS) is 14.8. The van der Waals surface area contributed by atoms with Gasteiger partial charge in [-0.1, -0.05) is 35.9 Å². The highest BCUT2D eigenvalue weighted by Gasteiger charge is 2.29. The number of benzene rings is 2. The Labute approximate surface area is 158 Å².